The Kier molecular flexibility index (Phi) is 3.66. The lowest BCUT2D eigenvalue weighted by molar-refractivity contribution is 0.0736. The summed E-state index contributed by atoms with van der Waals surface area (Å²) in [6, 6.07) is 15.7. The molecule has 0 amide bonds. The second-order valence-electron chi connectivity index (χ2n) is 4.72. The Morgan fingerprint density at radius 1 is 0.955 bits per heavy atom. The summed E-state index contributed by atoms with van der Waals surface area (Å²) in [5.74, 6) is -0.864. The molecule has 0 aliphatic rings. The average molecular weight is 294 g/mol. The van der Waals surface area contributed by atoms with Gasteiger partial charge in [-0.1, -0.05) is 30.3 Å². The van der Waals surface area contributed by atoms with Gasteiger partial charge in [0.15, 0.2) is 6.29 Å². The van der Waals surface area contributed by atoms with Gasteiger partial charge in [0.2, 0.25) is 0 Å². The maximum Gasteiger partial charge on any atom is 0.343 e. The predicted molar refractivity (Wildman–Crippen MR) is 80.7 cm³/mol. The van der Waals surface area contributed by atoms with Crippen molar-refractivity contribution >= 4 is 23.0 Å². The van der Waals surface area contributed by atoms with Crippen molar-refractivity contribution in [3.63, 3.8) is 0 Å². The summed E-state index contributed by atoms with van der Waals surface area (Å²) in [7, 11) is 0. The molecule has 22 heavy (non-hydrogen) atoms. The largest absolute Gasteiger partial charge is 0.421 e. The van der Waals surface area contributed by atoms with Gasteiger partial charge in [0.05, 0.1) is 11.1 Å². The van der Waals surface area contributed by atoms with E-state index in [-0.39, 0.29) is 16.9 Å². The first kappa shape index (κ1) is 13.9. The van der Waals surface area contributed by atoms with Crippen LogP contribution in [0.1, 0.15) is 20.7 Å². The molecule has 3 aromatic rings. The number of benzene rings is 3. The number of aldehydes is 1. The number of fused-ring (bicyclic) bond motifs is 1. The summed E-state index contributed by atoms with van der Waals surface area (Å²) in [6.07, 6.45) is 0.639. The maximum absolute atomic E-state index is 12.9. The SMILES string of the molecule is O=Cc1ccc2ccccc2c1OC(=O)c1ccc(F)cc1. The highest BCUT2D eigenvalue weighted by Gasteiger charge is 2.14. The van der Waals surface area contributed by atoms with Gasteiger partial charge in [-0.15, -0.1) is 0 Å². The number of hydrogen-bond donors (Lipinski definition) is 0. The van der Waals surface area contributed by atoms with Gasteiger partial charge in [0.25, 0.3) is 0 Å². The van der Waals surface area contributed by atoms with E-state index in [9.17, 15) is 14.0 Å². The molecule has 108 valence electrons. The Bertz CT molecular complexity index is 854. The van der Waals surface area contributed by atoms with Crippen LogP contribution in [-0.4, -0.2) is 12.3 Å². The molecular weight excluding hydrogens is 283 g/mol. The fraction of sp³-hybridized carbons (Fsp3) is 0. The molecular formula is C18H11FO3. The lowest BCUT2D eigenvalue weighted by atomic mass is 10.1. The van der Waals surface area contributed by atoms with Gasteiger partial charge in [0, 0.05) is 5.39 Å². The highest BCUT2D eigenvalue weighted by atomic mass is 19.1. The van der Waals surface area contributed by atoms with E-state index in [4.69, 9.17) is 4.74 Å². The van der Waals surface area contributed by atoms with E-state index in [0.717, 1.165) is 5.39 Å². The number of hydrogen-bond acceptors (Lipinski definition) is 3. The molecule has 0 atom stereocenters. The topological polar surface area (TPSA) is 43.4 Å². The second kappa shape index (κ2) is 5.77. The highest BCUT2D eigenvalue weighted by Crippen LogP contribution is 2.29. The van der Waals surface area contributed by atoms with E-state index >= 15 is 0 Å². The molecule has 0 fully saturated rings. The van der Waals surface area contributed by atoms with Crippen molar-refractivity contribution in [3.8, 4) is 5.75 Å². The van der Waals surface area contributed by atoms with Gasteiger partial charge in [-0.25, -0.2) is 9.18 Å². The first-order chi connectivity index (χ1) is 10.7. The quantitative estimate of drug-likeness (QED) is 0.416. The maximum atomic E-state index is 12.9. The predicted octanol–water partition coefficient (Wildman–Crippen LogP) is 4.01. The summed E-state index contributed by atoms with van der Waals surface area (Å²) in [4.78, 5) is 23.4. The number of carbonyl (C=O) groups is 2. The molecule has 3 rings (SSSR count). The molecule has 0 N–H and O–H groups in total. The van der Waals surface area contributed by atoms with Crippen LogP contribution in [-0.2, 0) is 0 Å². The minimum Gasteiger partial charge on any atom is -0.421 e. The van der Waals surface area contributed by atoms with Crippen LogP contribution in [0.2, 0.25) is 0 Å². The standard InChI is InChI=1S/C18H11FO3/c19-15-9-7-13(8-10-15)18(21)22-17-14(11-20)6-5-12-3-1-2-4-16(12)17/h1-11H. The van der Waals surface area contributed by atoms with E-state index in [2.05, 4.69) is 0 Å². The third kappa shape index (κ3) is 2.59. The van der Waals surface area contributed by atoms with Crippen molar-refractivity contribution in [1.29, 1.82) is 0 Å². The number of esters is 1. The van der Waals surface area contributed by atoms with E-state index in [0.29, 0.717) is 11.7 Å². The number of halogens is 1. The van der Waals surface area contributed by atoms with Gasteiger partial charge in [-0.3, -0.25) is 4.79 Å². The van der Waals surface area contributed by atoms with Crippen LogP contribution in [0.4, 0.5) is 4.39 Å². The fourth-order valence-electron chi connectivity index (χ4n) is 2.20. The van der Waals surface area contributed by atoms with Crippen molar-refractivity contribution in [3.05, 3.63) is 77.6 Å². The van der Waals surface area contributed by atoms with Crippen LogP contribution in [0.25, 0.3) is 10.8 Å². The van der Waals surface area contributed by atoms with E-state index < -0.39 is 11.8 Å². The number of ether oxygens (including phenoxy) is 1. The number of rotatable bonds is 3. The van der Waals surface area contributed by atoms with Gasteiger partial charge in [-0.05, 0) is 35.7 Å². The van der Waals surface area contributed by atoms with Gasteiger partial charge < -0.3 is 4.74 Å². The second-order valence-corrected chi connectivity index (χ2v) is 4.72. The van der Waals surface area contributed by atoms with Gasteiger partial charge >= 0.3 is 5.97 Å². The highest BCUT2D eigenvalue weighted by molar-refractivity contribution is 6.00. The van der Waals surface area contributed by atoms with Crippen molar-refractivity contribution in [1.82, 2.24) is 0 Å². The third-order valence-electron chi connectivity index (χ3n) is 3.31. The summed E-state index contributed by atoms with van der Waals surface area (Å²) in [5, 5.41) is 1.53. The molecule has 0 heterocycles. The molecule has 0 saturated carbocycles. The van der Waals surface area contributed by atoms with Crippen molar-refractivity contribution in [2.45, 2.75) is 0 Å². The summed E-state index contributed by atoms with van der Waals surface area (Å²) in [6.45, 7) is 0. The van der Waals surface area contributed by atoms with Crippen LogP contribution < -0.4 is 4.74 Å². The first-order valence-corrected chi connectivity index (χ1v) is 6.64. The summed E-state index contributed by atoms with van der Waals surface area (Å²) >= 11 is 0. The molecule has 0 unspecified atom stereocenters. The zero-order valence-electron chi connectivity index (χ0n) is 11.5. The molecule has 4 heteroatoms. The molecule has 0 aliphatic carbocycles. The van der Waals surface area contributed by atoms with Crippen LogP contribution in [0.3, 0.4) is 0 Å². The molecule has 0 aromatic heterocycles. The normalized spacial score (nSPS) is 10.4. The zero-order valence-corrected chi connectivity index (χ0v) is 11.5. The summed E-state index contributed by atoms with van der Waals surface area (Å²) in [5.41, 5.74) is 0.500. The molecule has 0 bridgehead atoms. The Morgan fingerprint density at radius 3 is 2.41 bits per heavy atom. The van der Waals surface area contributed by atoms with Crippen molar-refractivity contribution in [2.24, 2.45) is 0 Å². The molecule has 0 radical (unpaired) electrons. The van der Waals surface area contributed by atoms with E-state index in [1.165, 1.54) is 24.3 Å². The monoisotopic (exact) mass is 294 g/mol. The number of carbonyl (C=O) groups excluding carboxylic acids is 2. The Hall–Kier alpha value is -3.01. The van der Waals surface area contributed by atoms with Crippen LogP contribution >= 0.6 is 0 Å². The Morgan fingerprint density at radius 2 is 1.68 bits per heavy atom. The molecule has 0 saturated heterocycles. The molecule has 0 spiro atoms. The smallest absolute Gasteiger partial charge is 0.343 e. The molecule has 3 nitrogen and oxygen atoms in total. The lowest BCUT2D eigenvalue weighted by Crippen LogP contribution is -2.10. The zero-order chi connectivity index (χ0) is 15.5. The lowest BCUT2D eigenvalue weighted by Gasteiger charge is -2.10. The van der Waals surface area contributed by atoms with E-state index in [1.54, 1.807) is 24.3 Å². The Balaban J connectivity index is 2.04. The molecule has 0 aliphatic heterocycles. The average Bonchev–Trinajstić information content (AvgIpc) is 2.55. The third-order valence-corrected chi connectivity index (χ3v) is 3.31. The molecule has 3 aromatic carbocycles. The fourth-order valence-corrected chi connectivity index (χ4v) is 2.20. The Labute approximate surface area is 126 Å². The van der Waals surface area contributed by atoms with E-state index in [1.807, 2.05) is 12.1 Å². The minimum atomic E-state index is -0.639. The van der Waals surface area contributed by atoms with Crippen LogP contribution in [0.15, 0.2) is 60.7 Å². The van der Waals surface area contributed by atoms with Crippen LogP contribution in [0.5, 0.6) is 5.75 Å². The van der Waals surface area contributed by atoms with Crippen molar-refractivity contribution in [2.75, 3.05) is 0 Å². The summed E-state index contributed by atoms with van der Waals surface area (Å²) < 4.78 is 18.3. The first-order valence-electron chi connectivity index (χ1n) is 6.64. The van der Waals surface area contributed by atoms with Gasteiger partial charge in [-0.2, -0.15) is 0 Å². The minimum absolute atomic E-state index is 0.211. The van der Waals surface area contributed by atoms with Gasteiger partial charge in [0.1, 0.15) is 11.6 Å². The van der Waals surface area contributed by atoms with Crippen LogP contribution in [0, 0.1) is 5.82 Å². The van der Waals surface area contributed by atoms with Crippen molar-refractivity contribution < 1.29 is 18.7 Å².